The SMILES string of the molecule is c1ccc(-c2nc(-c3ccccc3)nc(-c3cc(-c4nc(-c5ccccc5)c5sc6ccccc6c5n4)ccc3-c3ccc4oc5ccccc5c4c3)n2)cc1. The van der Waals surface area contributed by atoms with E-state index in [9.17, 15) is 0 Å². The van der Waals surface area contributed by atoms with Crippen LogP contribution in [0.25, 0.3) is 110 Å². The first-order valence-corrected chi connectivity index (χ1v) is 19.2. The smallest absolute Gasteiger partial charge is 0.164 e. The van der Waals surface area contributed by atoms with Gasteiger partial charge >= 0.3 is 0 Å². The summed E-state index contributed by atoms with van der Waals surface area (Å²) in [5.41, 5.74) is 10.1. The average Bonchev–Trinajstić information content (AvgIpc) is 3.85. The average molecular weight is 736 g/mol. The van der Waals surface area contributed by atoms with E-state index in [0.29, 0.717) is 23.3 Å². The van der Waals surface area contributed by atoms with E-state index in [1.807, 2.05) is 91.0 Å². The molecule has 4 heterocycles. The highest BCUT2D eigenvalue weighted by Gasteiger charge is 2.21. The summed E-state index contributed by atoms with van der Waals surface area (Å²) in [6, 6.07) is 59.8. The molecule has 7 aromatic carbocycles. The Morgan fingerprint density at radius 2 is 0.929 bits per heavy atom. The summed E-state index contributed by atoms with van der Waals surface area (Å²) in [5.74, 6) is 2.37. The lowest BCUT2D eigenvalue weighted by Gasteiger charge is -2.14. The van der Waals surface area contributed by atoms with Crippen molar-refractivity contribution in [3.63, 3.8) is 0 Å². The lowest BCUT2D eigenvalue weighted by atomic mass is 9.95. The Morgan fingerprint density at radius 3 is 1.66 bits per heavy atom. The predicted octanol–water partition coefficient (Wildman–Crippen LogP) is 12.9. The number of thiophene rings is 1. The standard InChI is InChI=1S/C49H29N5OS/c1-4-14-30(15-5-1)43-45-44(37-21-11-13-23-42(37)56-45)51-48(50-43)34-24-26-35(33-25-27-41-38(28-33)36-20-10-12-22-40(36)55-41)39(29-34)49-53-46(31-16-6-2-7-17-31)52-47(54-49)32-18-8-3-9-19-32/h1-29H. The van der Waals surface area contributed by atoms with Crippen LogP contribution in [0.3, 0.4) is 0 Å². The third-order valence-electron chi connectivity index (χ3n) is 10.2. The number of rotatable bonds is 6. The number of hydrogen-bond acceptors (Lipinski definition) is 7. The summed E-state index contributed by atoms with van der Waals surface area (Å²) in [6.07, 6.45) is 0. The van der Waals surface area contributed by atoms with Crippen LogP contribution in [-0.2, 0) is 0 Å². The molecule has 11 rings (SSSR count). The maximum atomic E-state index is 6.22. The molecule has 0 saturated carbocycles. The Hall–Kier alpha value is -7.35. The Balaban J connectivity index is 1.18. The molecule has 262 valence electrons. The third-order valence-corrected chi connectivity index (χ3v) is 11.3. The number of furan rings is 1. The molecule has 4 aromatic heterocycles. The van der Waals surface area contributed by atoms with Crippen molar-refractivity contribution >= 4 is 53.6 Å². The highest BCUT2D eigenvalue weighted by atomic mass is 32.1. The lowest BCUT2D eigenvalue weighted by molar-refractivity contribution is 0.669. The van der Waals surface area contributed by atoms with Crippen molar-refractivity contribution in [1.82, 2.24) is 24.9 Å². The molecular weight excluding hydrogens is 707 g/mol. The third kappa shape index (κ3) is 5.52. The van der Waals surface area contributed by atoms with Crippen molar-refractivity contribution in [2.24, 2.45) is 0 Å². The first-order chi connectivity index (χ1) is 27.7. The van der Waals surface area contributed by atoms with Gasteiger partial charge in [-0.15, -0.1) is 11.3 Å². The van der Waals surface area contributed by atoms with Crippen LogP contribution in [0.15, 0.2) is 180 Å². The molecule has 0 saturated heterocycles. The quantitative estimate of drug-likeness (QED) is 0.169. The van der Waals surface area contributed by atoms with Crippen LogP contribution >= 0.6 is 11.3 Å². The van der Waals surface area contributed by atoms with Crippen LogP contribution in [0.1, 0.15) is 0 Å². The Morgan fingerprint density at radius 1 is 0.357 bits per heavy atom. The molecule has 0 aliphatic carbocycles. The molecule has 6 nitrogen and oxygen atoms in total. The highest BCUT2D eigenvalue weighted by Crippen LogP contribution is 2.42. The summed E-state index contributed by atoms with van der Waals surface area (Å²) < 4.78 is 8.47. The van der Waals surface area contributed by atoms with Gasteiger partial charge in [0.2, 0.25) is 0 Å². The second kappa shape index (κ2) is 13.2. The van der Waals surface area contributed by atoms with Gasteiger partial charge in [-0.25, -0.2) is 24.9 Å². The fourth-order valence-corrected chi connectivity index (χ4v) is 8.61. The van der Waals surface area contributed by atoms with E-state index in [-0.39, 0.29) is 0 Å². The minimum absolute atomic E-state index is 0.553. The van der Waals surface area contributed by atoms with E-state index in [1.165, 1.54) is 4.70 Å². The maximum Gasteiger partial charge on any atom is 0.164 e. The van der Waals surface area contributed by atoms with Gasteiger partial charge in [-0.2, -0.15) is 0 Å². The fraction of sp³-hybridized carbons (Fsp3) is 0. The van der Waals surface area contributed by atoms with E-state index in [1.54, 1.807) is 11.3 Å². The Bertz CT molecular complexity index is 3190. The van der Waals surface area contributed by atoms with Gasteiger partial charge in [0.25, 0.3) is 0 Å². The molecular formula is C49H29N5OS. The zero-order valence-electron chi connectivity index (χ0n) is 29.8. The fourth-order valence-electron chi connectivity index (χ4n) is 7.45. The summed E-state index contributed by atoms with van der Waals surface area (Å²) in [7, 11) is 0. The second-order valence-corrected chi connectivity index (χ2v) is 14.7. The number of hydrogen-bond donors (Lipinski definition) is 0. The molecule has 56 heavy (non-hydrogen) atoms. The predicted molar refractivity (Wildman–Crippen MR) is 228 cm³/mol. The van der Waals surface area contributed by atoms with Crippen LogP contribution in [0.2, 0.25) is 0 Å². The number of aromatic nitrogens is 5. The lowest BCUT2D eigenvalue weighted by Crippen LogP contribution is -2.02. The van der Waals surface area contributed by atoms with Gasteiger partial charge in [0.15, 0.2) is 23.3 Å². The van der Waals surface area contributed by atoms with Crippen molar-refractivity contribution in [2.45, 2.75) is 0 Å². The van der Waals surface area contributed by atoms with Crippen molar-refractivity contribution < 1.29 is 4.42 Å². The van der Waals surface area contributed by atoms with Gasteiger partial charge in [0.1, 0.15) is 11.2 Å². The number of para-hydroxylation sites is 1. The first-order valence-electron chi connectivity index (χ1n) is 18.4. The van der Waals surface area contributed by atoms with Gasteiger partial charge in [-0.3, -0.25) is 0 Å². The van der Waals surface area contributed by atoms with Crippen LogP contribution in [-0.4, -0.2) is 24.9 Å². The number of benzene rings is 7. The van der Waals surface area contributed by atoms with Crippen LogP contribution in [0, 0.1) is 0 Å². The first kappa shape index (κ1) is 32.1. The molecule has 0 atom stereocenters. The van der Waals surface area contributed by atoms with Gasteiger partial charge < -0.3 is 4.42 Å². The van der Waals surface area contributed by atoms with Gasteiger partial charge in [0.05, 0.1) is 15.9 Å². The summed E-state index contributed by atoms with van der Waals surface area (Å²) in [6.45, 7) is 0. The van der Waals surface area contributed by atoms with E-state index < -0.39 is 0 Å². The minimum Gasteiger partial charge on any atom is -0.456 e. The molecule has 0 aliphatic heterocycles. The van der Waals surface area contributed by atoms with Crippen LogP contribution in [0.4, 0.5) is 0 Å². The molecule has 7 heteroatoms. The molecule has 0 spiro atoms. The topological polar surface area (TPSA) is 77.6 Å². The molecule has 0 N–H and O–H groups in total. The van der Waals surface area contributed by atoms with E-state index in [4.69, 9.17) is 29.3 Å². The molecule has 0 amide bonds. The molecule has 0 bridgehead atoms. The largest absolute Gasteiger partial charge is 0.456 e. The number of fused-ring (bicyclic) bond motifs is 6. The zero-order valence-corrected chi connectivity index (χ0v) is 30.6. The van der Waals surface area contributed by atoms with Gasteiger partial charge in [0, 0.05) is 48.7 Å². The molecule has 0 unspecified atom stereocenters. The van der Waals surface area contributed by atoms with E-state index >= 15 is 0 Å². The monoisotopic (exact) mass is 735 g/mol. The minimum atomic E-state index is 0.553. The molecule has 11 aromatic rings. The Kier molecular flexibility index (Phi) is 7.57. The summed E-state index contributed by atoms with van der Waals surface area (Å²) >= 11 is 1.73. The molecule has 0 fully saturated rings. The highest BCUT2D eigenvalue weighted by molar-refractivity contribution is 7.26. The summed E-state index contributed by atoms with van der Waals surface area (Å²) in [5, 5.41) is 3.23. The second-order valence-electron chi connectivity index (χ2n) is 13.6. The molecule has 0 aliphatic rings. The van der Waals surface area contributed by atoms with Crippen molar-refractivity contribution in [1.29, 1.82) is 0 Å². The zero-order chi connectivity index (χ0) is 37.0. The normalized spacial score (nSPS) is 11.6. The van der Waals surface area contributed by atoms with Gasteiger partial charge in [-0.05, 0) is 41.5 Å². The van der Waals surface area contributed by atoms with Gasteiger partial charge in [-0.1, -0.05) is 146 Å². The van der Waals surface area contributed by atoms with Crippen molar-refractivity contribution in [2.75, 3.05) is 0 Å². The summed E-state index contributed by atoms with van der Waals surface area (Å²) in [4.78, 5) is 26.0. The van der Waals surface area contributed by atoms with Crippen molar-refractivity contribution in [3.05, 3.63) is 176 Å². The van der Waals surface area contributed by atoms with E-state index in [2.05, 4.69) is 84.9 Å². The van der Waals surface area contributed by atoms with Crippen LogP contribution in [0.5, 0.6) is 0 Å². The van der Waals surface area contributed by atoms with Crippen LogP contribution < -0.4 is 0 Å². The van der Waals surface area contributed by atoms with E-state index in [0.717, 1.165) is 82.2 Å². The number of nitrogens with zero attached hydrogens (tertiary/aromatic N) is 5. The molecule has 0 radical (unpaired) electrons. The Labute approximate surface area is 325 Å². The maximum absolute atomic E-state index is 6.22. The van der Waals surface area contributed by atoms with Crippen molar-refractivity contribution in [3.8, 4) is 67.9 Å².